The highest BCUT2D eigenvalue weighted by atomic mass is 15.4. The molecule has 0 fully saturated rings. The average Bonchev–Trinajstić information content (AvgIpc) is 1.94. The number of hydrogen-bond donors (Lipinski definition) is 1. The summed E-state index contributed by atoms with van der Waals surface area (Å²) in [7, 11) is 0. The van der Waals surface area contributed by atoms with Gasteiger partial charge in [-0.1, -0.05) is 0 Å². The Kier molecular flexibility index (Phi) is 1.44. The van der Waals surface area contributed by atoms with Gasteiger partial charge in [-0.2, -0.15) is 0 Å². The van der Waals surface area contributed by atoms with Gasteiger partial charge in [0.15, 0.2) is 0 Å². The van der Waals surface area contributed by atoms with Crippen LogP contribution in [0.15, 0.2) is 29.5 Å². The van der Waals surface area contributed by atoms with Crippen LogP contribution in [0.3, 0.4) is 0 Å². The van der Waals surface area contributed by atoms with E-state index in [-0.39, 0.29) is 0 Å². The van der Waals surface area contributed by atoms with E-state index in [1.807, 2.05) is 12.2 Å². The maximum absolute atomic E-state index is 5.29. The van der Waals surface area contributed by atoms with Crippen LogP contribution in [0.4, 0.5) is 0 Å². The monoisotopic (exact) mass is 109 g/mol. The first kappa shape index (κ1) is 5.05. The molecule has 0 aromatic carbocycles. The molecule has 0 saturated carbocycles. The average molecular weight is 109 g/mol. The van der Waals surface area contributed by atoms with Gasteiger partial charge >= 0.3 is 0 Å². The Labute approximate surface area is 47.8 Å². The van der Waals surface area contributed by atoms with Gasteiger partial charge in [0.05, 0.1) is 0 Å². The molecule has 1 aliphatic heterocycles. The molecule has 3 heteroatoms. The number of nitrogens with zero attached hydrogens (tertiary/aromatic N) is 2. The second kappa shape index (κ2) is 2.28. The molecule has 0 radical (unpaired) electrons. The Bertz CT molecular complexity index is 130. The van der Waals surface area contributed by atoms with Crippen molar-refractivity contribution in [2.24, 2.45) is 10.8 Å². The lowest BCUT2D eigenvalue weighted by Gasteiger charge is -2.00. The summed E-state index contributed by atoms with van der Waals surface area (Å²) in [5, 5.41) is 1.39. The molecule has 0 bridgehead atoms. The Balaban J connectivity index is 2.66. The molecule has 1 heterocycles. The summed E-state index contributed by atoms with van der Waals surface area (Å²) in [5.41, 5.74) is 0. The maximum Gasteiger partial charge on any atom is 0.109 e. The van der Waals surface area contributed by atoms with E-state index in [1.165, 1.54) is 11.3 Å². The van der Waals surface area contributed by atoms with Crippen molar-refractivity contribution in [3.05, 3.63) is 24.6 Å². The molecular weight excluding hydrogens is 102 g/mol. The fraction of sp³-hybridized carbons (Fsp3) is 0. The predicted octanol–water partition coefficient (Wildman–Crippen LogP) is 0.231. The highest BCUT2D eigenvalue weighted by Gasteiger charge is 1.81. The zero-order chi connectivity index (χ0) is 5.82. The lowest BCUT2D eigenvalue weighted by Crippen LogP contribution is -2.21. The van der Waals surface area contributed by atoms with Gasteiger partial charge in [0.2, 0.25) is 0 Å². The Morgan fingerprint density at radius 2 is 2.25 bits per heavy atom. The normalized spacial score (nSPS) is 16.9. The van der Waals surface area contributed by atoms with Crippen molar-refractivity contribution in [2.45, 2.75) is 0 Å². The number of allylic oxidation sites excluding steroid dienone is 2. The van der Waals surface area contributed by atoms with Crippen LogP contribution in [0, 0.1) is 0 Å². The van der Waals surface area contributed by atoms with Crippen LogP contribution in [0.5, 0.6) is 0 Å². The summed E-state index contributed by atoms with van der Waals surface area (Å²) in [4.78, 5) is 3.78. The molecule has 1 aliphatic rings. The zero-order valence-electron chi connectivity index (χ0n) is 4.36. The third-order valence-electron chi connectivity index (χ3n) is 0.741. The van der Waals surface area contributed by atoms with Crippen molar-refractivity contribution in [3.63, 3.8) is 0 Å². The standard InChI is InChI=1S/C5H7N3/c6-8-4-2-1-3-7-5-8/h1-5H,6H2. The zero-order valence-corrected chi connectivity index (χ0v) is 4.36. The fourth-order valence-electron chi connectivity index (χ4n) is 0.402. The van der Waals surface area contributed by atoms with Gasteiger partial charge in [-0.25, -0.2) is 10.8 Å². The smallest absolute Gasteiger partial charge is 0.109 e. The van der Waals surface area contributed by atoms with Gasteiger partial charge in [-0.15, -0.1) is 0 Å². The highest BCUT2D eigenvalue weighted by molar-refractivity contribution is 5.57. The molecule has 42 valence electrons. The van der Waals surface area contributed by atoms with Gasteiger partial charge in [0.1, 0.15) is 6.34 Å². The van der Waals surface area contributed by atoms with Crippen LogP contribution < -0.4 is 5.84 Å². The van der Waals surface area contributed by atoms with Crippen molar-refractivity contribution in [1.82, 2.24) is 5.01 Å². The van der Waals surface area contributed by atoms with Crippen molar-refractivity contribution in [1.29, 1.82) is 0 Å². The third-order valence-corrected chi connectivity index (χ3v) is 0.741. The predicted molar refractivity (Wildman–Crippen MR) is 32.8 cm³/mol. The minimum atomic E-state index is 1.39. The van der Waals surface area contributed by atoms with Gasteiger partial charge in [-0.05, 0) is 12.2 Å². The van der Waals surface area contributed by atoms with E-state index in [1.54, 1.807) is 12.4 Å². The van der Waals surface area contributed by atoms with Gasteiger partial charge in [0.25, 0.3) is 0 Å². The van der Waals surface area contributed by atoms with Crippen LogP contribution in [-0.2, 0) is 0 Å². The molecule has 8 heavy (non-hydrogen) atoms. The maximum atomic E-state index is 5.29. The molecule has 0 aromatic heterocycles. The highest BCUT2D eigenvalue weighted by Crippen LogP contribution is 1.85. The van der Waals surface area contributed by atoms with Crippen LogP contribution in [0.1, 0.15) is 0 Å². The minimum absolute atomic E-state index is 1.39. The van der Waals surface area contributed by atoms with Crippen LogP contribution in [0.25, 0.3) is 0 Å². The van der Waals surface area contributed by atoms with Gasteiger partial charge in [0, 0.05) is 12.4 Å². The van der Waals surface area contributed by atoms with Gasteiger partial charge in [-0.3, -0.25) is 5.01 Å². The Hall–Kier alpha value is -1.09. The summed E-state index contributed by atoms with van der Waals surface area (Å²) in [5.74, 6) is 5.29. The van der Waals surface area contributed by atoms with Gasteiger partial charge < -0.3 is 0 Å². The lowest BCUT2D eigenvalue weighted by molar-refractivity contribution is 0.617. The van der Waals surface area contributed by atoms with E-state index in [0.717, 1.165) is 0 Å². The summed E-state index contributed by atoms with van der Waals surface area (Å²) >= 11 is 0. The van der Waals surface area contributed by atoms with Crippen molar-refractivity contribution in [2.75, 3.05) is 0 Å². The number of hydrogen-bond acceptors (Lipinski definition) is 3. The number of nitrogens with two attached hydrogens (primary N) is 1. The number of rotatable bonds is 0. The Morgan fingerprint density at radius 1 is 1.38 bits per heavy atom. The molecular formula is C5H7N3. The molecule has 0 atom stereocenters. The van der Waals surface area contributed by atoms with Crippen molar-refractivity contribution in [3.8, 4) is 0 Å². The fourth-order valence-corrected chi connectivity index (χ4v) is 0.402. The van der Waals surface area contributed by atoms with Crippen molar-refractivity contribution < 1.29 is 0 Å². The molecule has 0 saturated heterocycles. The van der Waals surface area contributed by atoms with Crippen LogP contribution in [-0.4, -0.2) is 11.3 Å². The summed E-state index contributed by atoms with van der Waals surface area (Å²) in [6, 6.07) is 0. The van der Waals surface area contributed by atoms with E-state index in [4.69, 9.17) is 5.84 Å². The summed E-state index contributed by atoms with van der Waals surface area (Å²) < 4.78 is 0. The van der Waals surface area contributed by atoms with Crippen molar-refractivity contribution >= 4 is 6.34 Å². The number of aliphatic imine (C=N–C) groups is 1. The van der Waals surface area contributed by atoms with E-state index in [2.05, 4.69) is 4.99 Å². The second-order valence-electron chi connectivity index (χ2n) is 1.39. The topological polar surface area (TPSA) is 41.6 Å². The largest absolute Gasteiger partial charge is 0.276 e. The SMILES string of the molecule is NN1C=CC=CN=C1. The summed E-state index contributed by atoms with van der Waals surface area (Å²) in [6.07, 6.45) is 8.53. The first-order valence-electron chi connectivity index (χ1n) is 2.29. The molecule has 0 spiro atoms. The molecule has 1 rings (SSSR count). The molecule has 0 aromatic rings. The lowest BCUT2D eigenvalue weighted by atomic mass is 10.6. The summed E-state index contributed by atoms with van der Waals surface area (Å²) in [6.45, 7) is 0. The number of hydrazine groups is 1. The van der Waals surface area contributed by atoms with E-state index in [0.29, 0.717) is 0 Å². The molecule has 2 N–H and O–H groups in total. The molecule has 0 aliphatic carbocycles. The molecule has 0 amide bonds. The minimum Gasteiger partial charge on any atom is -0.276 e. The third kappa shape index (κ3) is 1.20. The molecule has 3 nitrogen and oxygen atoms in total. The van der Waals surface area contributed by atoms with Crippen LogP contribution >= 0.6 is 0 Å². The first-order valence-corrected chi connectivity index (χ1v) is 2.29. The molecule has 0 unspecified atom stereocenters. The van der Waals surface area contributed by atoms with E-state index < -0.39 is 0 Å². The first-order chi connectivity index (χ1) is 3.89. The Morgan fingerprint density at radius 3 is 3.12 bits per heavy atom. The second-order valence-corrected chi connectivity index (χ2v) is 1.39. The van der Waals surface area contributed by atoms with E-state index in [9.17, 15) is 0 Å². The quantitative estimate of drug-likeness (QED) is 0.452. The van der Waals surface area contributed by atoms with E-state index >= 15 is 0 Å². The van der Waals surface area contributed by atoms with Crippen LogP contribution in [0.2, 0.25) is 0 Å².